The Hall–Kier alpha value is -3.26. The lowest BCUT2D eigenvalue weighted by molar-refractivity contribution is -0.119. The first-order valence-corrected chi connectivity index (χ1v) is 8.21. The third kappa shape index (κ3) is 4.12. The van der Waals surface area contributed by atoms with Gasteiger partial charge in [0.1, 0.15) is 11.5 Å². The minimum absolute atomic E-state index is 0.304. The summed E-state index contributed by atoms with van der Waals surface area (Å²) in [5, 5.41) is 2.89. The summed E-state index contributed by atoms with van der Waals surface area (Å²) in [6.45, 7) is -0.466. The second kappa shape index (κ2) is 7.96. The molecule has 3 aromatic rings. The van der Waals surface area contributed by atoms with Crippen molar-refractivity contribution in [3.05, 3.63) is 47.2 Å². The zero-order chi connectivity index (χ0) is 19.4. The van der Waals surface area contributed by atoms with Gasteiger partial charge in [-0.3, -0.25) is 4.79 Å². The van der Waals surface area contributed by atoms with Gasteiger partial charge in [-0.2, -0.15) is 0 Å². The minimum Gasteiger partial charge on any atom is -0.495 e. The van der Waals surface area contributed by atoms with E-state index in [4.69, 9.17) is 25.8 Å². The van der Waals surface area contributed by atoms with E-state index in [1.165, 1.54) is 26.6 Å². The van der Waals surface area contributed by atoms with Crippen molar-refractivity contribution in [2.24, 2.45) is 0 Å². The van der Waals surface area contributed by atoms with Crippen LogP contribution in [0.15, 0.2) is 36.7 Å². The number of carbonyl (C=O) groups is 2. The van der Waals surface area contributed by atoms with Crippen molar-refractivity contribution in [1.82, 2.24) is 9.97 Å². The van der Waals surface area contributed by atoms with Crippen LogP contribution in [0.2, 0.25) is 5.02 Å². The number of nitrogens with one attached hydrogen (secondary N) is 2. The van der Waals surface area contributed by atoms with E-state index >= 15 is 0 Å². The summed E-state index contributed by atoms with van der Waals surface area (Å²) in [7, 11) is 2.92. The molecule has 0 aliphatic carbocycles. The number of hydrogen-bond donors (Lipinski definition) is 2. The second-order valence-corrected chi connectivity index (χ2v) is 5.85. The standard InChI is InChI=1S/C18H16ClN3O5/c1-25-15-7-16(26-2)14(6-11(15)19)22-17(23)8-27-18(24)10-3-4-12-13(5-10)21-9-20-12/h3-7,9H,8H2,1-2H3,(H,20,21)(H,22,23). The quantitative estimate of drug-likeness (QED) is 0.628. The number of carbonyl (C=O) groups excluding carboxylic acids is 2. The summed E-state index contributed by atoms with van der Waals surface area (Å²) in [6, 6.07) is 7.91. The van der Waals surface area contributed by atoms with Crippen molar-refractivity contribution in [1.29, 1.82) is 0 Å². The minimum atomic E-state index is -0.624. The number of hydrogen-bond acceptors (Lipinski definition) is 6. The van der Waals surface area contributed by atoms with Crippen molar-refractivity contribution in [3.8, 4) is 11.5 Å². The van der Waals surface area contributed by atoms with Crippen LogP contribution in [-0.2, 0) is 9.53 Å². The van der Waals surface area contributed by atoms with Crippen molar-refractivity contribution < 1.29 is 23.8 Å². The monoisotopic (exact) mass is 389 g/mol. The fourth-order valence-corrected chi connectivity index (χ4v) is 2.66. The van der Waals surface area contributed by atoms with Crippen LogP contribution in [0, 0.1) is 0 Å². The van der Waals surface area contributed by atoms with Gasteiger partial charge < -0.3 is 24.5 Å². The highest BCUT2D eigenvalue weighted by molar-refractivity contribution is 6.32. The third-order valence-electron chi connectivity index (χ3n) is 3.74. The molecular formula is C18H16ClN3O5. The van der Waals surface area contributed by atoms with E-state index in [2.05, 4.69) is 15.3 Å². The number of ether oxygens (including phenoxy) is 3. The lowest BCUT2D eigenvalue weighted by atomic mass is 10.2. The number of rotatable bonds is 6. The van der Waals surface area contributed by atoms with Crippen LogP contribution in [0.4, 0.5) is 5.69 Å². The number of nitrogens with zero attached hydrogens (tertiary/aromatic N) is 1. The maximum atomic E-state index is 12.1. The molecule has 9 heteroatoms. The number of amides is 1. The van der Waals surface area contributed by atoms with E-state index in [1.807, 2.05) is 0 Å². The van der Waals surface area contributed by atoms with Crippen LogP contribution in [0.1, 0.15) is 10.4 Å². The van der Waals surface area contributed by atoms with Gasteiger partial charge in [0.25, 0.3) is 5.91 Å². The van der Waals surface area contributed by atoms with E-state index in [0.29, 0.717) is 33.3 Å². The SMILES string of the molecule is COc1cc(OC)c(NC(=O)COC(=O)c2ccc3nc[nH]c3c2)cc1Cl. The lowest BCUT2D eigenvalue weighted by Crippen LogP contribution is -2.21. The van der Waals surface area contributed by atoms with Crippen LogP contribution < -0.4 is 14.8 Å². The molecule has 0 aliphatic heterocycles. The molecule has 0 aliphatic rings. The molecule has 0 saturated heterocycles. The first-order chi connectivity index (χ1) is 13.0. The van der Waals surface area contributed by atoms with Crippen LogP contribution >= 0.6 is 11.6 Å². The molecule has 0 atom stereocenters. The molecule has 2 N–H and O–H groups in total. The maximum absolute atomic E-state index is 12.1. The third-order valence-corrected chi connectivity index (χ3v) is 4.03. The highest BCUT2D eigenvalue weighted by atomic mass is 35.5. The van der Waals surface area contributed by atoms with Crippen molar-refractivity contribution in [3.63, 3.8) is 0 Å². The first-order valence-electron chi connectivity index (χ1n) is 7.83. The molecule has 3 rings (SSSR count). The summed E-state index contributed by atoms with van der Waals surface area (Å²) >= 11 is 6.06. The predicted molar refractivity (Wildman–Crippen MR) is 99.6 cm³/mol. The number of aromatic amines is 1. The van der Waals surface area contributed by atoms with Gasteiger partial charge in [-0.1, -0.05) is 11.6 Å². The topological polar surface area (TPSA) is 103 Å². The fraction of sp³-hybridized carbons (Fsp3) is 0.167. The Morgan fingerprint density at radius 1 is 1.15 bits per heavy atom. The smallest absolute Gasteiger partial charge is 0.338 e. The molecule has 1 heterocycles. The molecule has 0 bridgehead atoms. The summed E-state index contributed by atoms with van der Waals surface area (Å²) < 4.78 is 15.4. The number of fused-ring (bicyclic) bond motifs is 1. The molecule has 0 spiro atoms. The molecule has 0 fully saturated rings. The fourth-order valence-electron chi connectivity index (χ4n) is 2.42. The average molecular weight is 390 g/mol. The van der Waals surface area contributed by atoms with Crippen molar-refractivity contribution in [2.45, 2.75) is 0 Å². The molecule has 2 aromatic carbocycles. The molecular weight excluding hydrogens is 374 g/mol. The van der Waals surface area contributed by atoms with Gasteiger partial charge in [0.15, 0.2) is 6.61 Å². The maximum Gasteiger partial charge on any atom is 0.338 e. The van der Waals surface area contributed by atoms with Crippen molar-refractivity contribution in [2.75, 3.05) is 26.1 Å². The highest BCUT2D eigenvalue weighted by Gasteiger charge is 2.15. The van der Waals surface area contributed by atoms with Gasteiger partial charge in [-0.15, -0.1) is 0 Å². The predicted octanol–water partition coefficient (Wildman–Crippen LogP) is 3.03. The molecule has 1 amide bonds. The Morgan fingerprint density at radius 2 is 1.93 bits per heavy atom. The Kier molecular flexibility index (Phi) is 5.46. The molecule has 0 unspecified atom stereocenters. The molecule has 1 aromatic heterocycles. The summed E-state index contributed by atoms with van der Waals surface area (Å²) in [6.07, 6.45) is 1.53. The number of benzene rings is 2. The van der Waals surface area contributed by atoms with Gasteiger partial charge in [0.05, 0.1) is 47.9 Å². The van der Waals surface area contributed by atoms with E-state index in [9.17, 15) is 9.59 Å². The van der Waals surface area contributed by atoms with Gasteiger partial charge in [0, 0.05) is 6.07 Å². The normalized spacial score (nSPS) is 10.5. The summed E-state index contributed by atoms with van der Waals surface area (Å²) in [5.41, 5.74) is 2.08. The molecule has 140 valence electrons. The Morgan fingerprint density at radius 3 is 2.67 bits per heavy atom. The number of methoxy groups -OCH3 is 2. The summed E-state index contributed by atoms with van der Waals surface area (Å²) in [4.78, 5) is 31.2. The van der Waals surface area contributed by atoms with Gasteiger partial charge >= 0.3 is 5.97 Å². The van der Waals surface area contributed by atoms with E-state index in [1.54, 1.807) is 24.3 Å². The molecule has 8 nitrogen and oxygen atoms in total. The largest absolute Gasteiger partial charge is 0.495 e. The van der Waals surface area contributed by atoms with Crippen LogP contribution in [0.3, 0.4) is 0 Å². The Balaban J connectivity index is 1.64. The number of aromatic nitrogens is 2. The number of anilines is 1. The highest BCUT2D eigenvalue weighted by Crippen LogP contribution is 2.35. The van der Waals surface area contributed by atoms with Gasteiger partial charge in [-0.05, 0) is 24.3 Å². The number of imidazole rings is 1. The zero-order valence-corrected chi connectivity index (χ0v) is 15.3. The lowest BCUT2D eigenvalue weighted by Gasteiger charge is -2.13. The zero-order valence-electron chi connectivity index (χ0n) is 14.5. The number of halogens is 1. The Bertz CT molecular complexity index is 1000. The van der Waals surface area contributed by atoms with Crippen LogP contribution in [0.25, 0.3) is 11.0 Å². The molecule has 27 heavy (non-hydrogen) atoms. The van der Waals surface area contributed by atoms with Gasteiger partial charge in [-0.25, -0.2) is 9.78 Å². The van der Waals surface area contributed by atoms with E-state index in [0.717, 1.165) is 5.52 Å². The van der Waals surface area contributed by atoms with Crippen LogP contribution in [0.5, 0.6) is 11.5 Å². The average Bonchev–Trinajstić information content (AvgIpc) is 3.14. The number of esters is 1. The first kappa shape index (κ1) is 18.5. The van der Waals surface area contributed by atoms with Crippen LogP contribution in [-0.4, -0.2) is 42.7 Å². The molecule has 0 radical (unpaired) electrons. The summed E-state index contributed by atoms with van der Waals surface area (Å²) in [5.74, 6) is -0.389. The van der Waals surface area contributed by atoms with E-state index in [-0.39, 0.29) is 0 Å². The van der Waals surface area contributed by atoms with Crippen molar-refractivity contribution >= 4 is 40.2 Å². The van der Waals surface area contributed by atoms with Gasteiger partial charge in [0.2, 0.25) is 0 Å². The Labute approximate surface area is 159 Å². The van der Waals surface area contributed by atoms with E-state index < -0.39 is 18.5 Å². The number of H-pyrrole nitrogens is 1. The second-order valence-electron chi connectivity index (χ2n) is 5.45. The molecule has 0 saturated carbocycles.